The third kappa shape index (κ3) is 5.46. The zero-order chi connectivity index (χ0) is 23.0. The van der Waals surface area contributed by atoms with Crippen LogP contribution < -0.4 is 11.1 Å². The van der Waals surface area contributed by atoms with Gasteiger partial charge in [-0.2, -0.15) is 0 Å². The number of nitrogens with two attached hydrogens (primary N) is 1. The van der Waals surface area contributed by atoms with Crippen LogP contribution in [0.25, 0.3) is 21.9 Å². The number of carbonyl (C=O) groups excluding carboxylic acids is 1. The number of nitrogens with zero attached hydrogens (tertiary/aromatic N) is 3. The number of amides is 1. The number of aromatic nitrogens is 3. The monoisotopic (exact) mass is 491 g/mol. The van der Waals surface area contributed by atoms with Gasteiger partial charge in [-0.3, -0.25) is 0 Å². The maximum Gasteiger partial charge on any atom is 0.408 e. The van der Waals surface area contributed by atoms with Crippen LogP contribution in [0.5, 0.6) is 0 Å². The highest BCUT2D eigenvalue weighted by molar-refractivity contribution is 9.10. The van der Waals surface area contributed by atoms with Crippen molar-refractivity contribution in [2.45, 2.75) is 65.8 Å². The number of halogens is 1. The summed E-state index contributed by atoms with van der Waals surface area (Å²) in [7, 11) is 0. The van der Waals surface area contributed by atoms with E-state index in [0.29, 0.717) is 31.1 Å². The smallest absolute Gasteiger partial charge is 0.408 e. The van der Waals surface area contributed by atoms with Crippen molar-refractivity contribution in [3.8, 4) is 0 Å². The molecule has 0 fully saturated rings. The fourth-order valence-electron chi connectivity index (χ4n) is 3.42. The number of alkyl carbamates (subject to hydrolysis) is 1. The van der Waals surface area contributed by atoms with E-state index in [0.717, 1.165) is 26.7 Å². The van der Waals surface area contributed by atoms with Crippen LogP contribution in [0.2, 0.25) is 0 Å². The van der Waals surface area contributed by atoms with E-state index < -0.39 is 17.2 Å². The summed E-state index contributed by atoms with van der Waals surface area (Å²) in [5, 5.41) is 3.89. The summed E-state index contributed by atoms with van der Waals surface area (Å²) in [6, 6.07) is 5.88. The Morgan fingerprint density at radius 3 is 2.58 bits per heavy atom. The summed E-state index contributed by atoms with van der Waals surface area (Å²) >= 11 is 3.49. The molecule has 0 spiro atoms. The molecule has 0 aliphatic heterocycles. The zero-order valence-electron chi connectivity index (χ0n) is 18.9. The minimum atomic E-state index is -0.628. The van der Waals surface area contributed by atoms with Crippen molar-refractivity contribution < 1.29 is 14.3 Å². The van der Waals surface area contributed by atoms with Gasteiger partial charge >= 0.3 is 6.09 Å². The molecule has 0 atom stereocenters. The second kappa shape index (κ2) is 8.63. The molecule has 3 N–H and O–H groups in total. The van der Waals surface area contributed by atoms with Gasteiger partial charge < -0.3 is 25.1 Å². The summed E-state index contributed by atoms with van der Waals surface area (Å²) in [6.07, 6.45) is -0.469. The van der Waals surface area contributed by atoms with E-state index in [4.69, 9.17) is 20.2 Å². The summed E-state index contributed by atoms with van der Waals surface area (Å²) in [6.45, 7) is 12.7. The molecule has 1 aromatic carbocycles. The third-order valence-electron chi connectivity index (χ3n) is 4.57. The predicted octanol–water partition coefficient (Wildman–Crippen LogP) is 4.77. The maximum absolute atomic E-state index is 12.4. The lowest BCUT2D eigenvalue weighted by atomic mass is 10.1. The van der Waals surface area contributed by atoms with Crippen molar-refractivity contribution in [2.75, 3.05) is 12.3 Å². The number of anilines is 1. The molecule has 9 heteroatoms. The van der Waals surface area contributed by atoms with E-state index in [2.05, 4.69) is 30.8 Å². The van der Waals surface area contributed by atoms with E-state index in [9.17, 15) is 4.79 Å². The molecule has 0 aliphatic rings. The van der Waals surface area contributed by atoms with Crippen LogP contribution in [-0.2, 0) is 22.6 Å². The number of pyridine rings is 1. The standard InChI is InChI=1S/C22H30BrN5O3/c1-7-30-11-16-26-17-18(14-9-8-13(23)10-15(14)25-19(17)24)28(16)12-22(5,6)27-20(29)31-21(2,3)4/h8-10H,7,11-12H2,1-6H3,(H2,24,25)(H,27,29). The zero-order valence-corrected chi connectivity index (χ0v) is 20.5. The largest absolute Gasteiger partial charge is 0.444 e. The van der Waals surface area contributed by atoms with Gasteiger partial charge in [0.05, 0.1) is 16.6 Å². The van der Waals surface area contributed by atoms with Gasteiger partial charge in [0.15, 0.2) is 5.82 Å². The number of imidazole rings is 1. The molecule has 0 saturated carbocycles. The van der Waals surface area contributed by atoms with Crippen molar-refractivity contribution in [3.05, 3.63) is 28.5 Å². The van der Waals surface area contributed by atoms with Crippen molar-refractivity contribution >= 4 is 49.8 Å². The number of fused-ring (bicyclic) bond motifs is 3. The highest BCUT2D eigenvalue weighted by atomic mass is 79.9. The molecule has 8 nitrogen and oxygen atoms in total. The van der Waals surface area contributed by atoms with Gasteiger partial charge in [-0.1, -0.05) is 15.9 Å². The van der Waals surface area contributed by atoms with E-state index in [1.165, 1.54) is 0 Å². The van der Waals surface area contributed by atoms with Gasteiger partial charge in [-0.25, -0.2) is 14.8 Å². The van der Waals surface area contributed by atoms with Gasteiger partial charge in [0.2, 0.25) is 0 Å². The number of nitrogen functional groups attached to an aromatic ring is 1. The van der Waals surface area contributed by atoms with Gasteiger partial charge in [0.1, 0.15) is 23.5 Å². The van der Waals surface area contributed by atoms with Crippen molar-refractivity contribution in [1.82, 2.24) is 19.9 Å². The van der Waals surface area contributed by atoms with E-state index >= 15 is 0 Å². The lowest BCUT2D eigenvalue weighted by Gasteiger charge is -2.30. The summed E-state index contributed by atoms with van der Waals surface area (Å²) in [5.74, 6) is 1.08. The minimum Gasteiger partial charge on any atom is -0.444 e. The Labute approximate surface area is 190 Å². The molecule has 1 amide bonds. The van der Waals surface area contributed by atoms with Crippen LogP contribution in [0.4, 0.5) is 10.6 Å². The first-order valence-corrected chi connectivity index (χ1v) is 11.0. The quantitative estimate of drug-likeness (QED) is 0.514. The summed E-state index contributed by atoms with van der Waals surface area (Å²) in [4.78, 5) is 21.7. The molecule has 0 radical (unpaired) electrons. The molecule has 0 bridgehead atoms. The lowest BCUT2D eigenvalue weighted by molar-refractivity contribution is 0.0462. The molecule has 0 saturated heterocycles. The average molecular weight is 492 g/mol. The molecule has 3 rings (SSSR count). The first-order chi connectivity index (χ1) is 14.4. The van der Waals surface area contributed by atoms with Crippen molar-refractivity contribution in [3.63, 3.8) is 0 Å². The SMILES string of the molecule is CCOCc1nc2c(N)nc3cc(Br)ccc3c2n1CC(C)(C)NC(=O)OC(C)(C)C. The number of ether oxygens (including phenoxy) is 2. The molecule has 2 heterocycles. The molecule has 31 heavy (non-hydrogen) atoms. The van der Waals surface area contributed by atoms with Crippen LogP contribution in [0, 0.1) is 0 Å². The first kappa shape index (κ1) is 23.3. The number of hydrogen-bond donors (Lipinski definition) is 2. The van der Waals surface area contributed by atoms with Crippen LogP contribution in [0.3, 0.4) is 0 Å². The van der Waals surface area contributed by atoms with Crippen molar-refractivity contribution in [2.24, 2.45) is 0 Å². The topological polar surface area (TPSA) is 104 Å². The lowest BCUT2D eigenvalue weighted by Crippen LogP contribution is -2.48. The summed E-state index contributed by atoms with van der Waals surface area (Å²) in [5.41, 5.74) is 7.31. The Morgan fingerprint density at radius 2 is 1.94 bits per heavy atom. The third-order valence-corrected chi connectivity index (χ3v) is 5.07. The maximum atomic E-state index is 12.4. The van der Waals surface area contributed by atoms with Gasteiger partial charge in [-0.15, -0.1) is 0 Å². The Kier molecular flexibility index (Phi) is 6.48. The second-order valence-corrected chi connectivity index (χ2v) is 10.0. The van der Waals surface area contributed by atoms with E-state index in [-0.39, 0.29) is 0 Å². The normalized spacial score (nSPS) is 12.5. The first-order valence-electron chi connectivity index (χ1n) is 10.2. The minimum absolute atomic E-state index is 0.325. The molecular formula is C22H30BrN5O3. The molecule has 0 aliphatic carbocycles. The number of benzene rings is 1. The Morgan fingerprint density at radius 1 is 1.23 bits per heavy atom. The number of carbonyl (C=O) groups is 1. The Bertz CT molecular complexity index is 1120. The van der Waals surface area contributed by atoms with Crippen LogP contribution in [0.1, 0.15) is 47.4 Å². The fourth-order valence-corrected chi connectivity index (χ4v) is 3.77. The number of rotatable bonds is 6. The number of hydrogen-bond acceptors (Lipinski definition) is 6. The molecule has 2 aromatic heterocycles. The van der Waals surface area contributed by atoms with Gasteiger partial charge in [0.25, 0.3) is 0 Å². The highest BCUT2D eigenvalue weighted by Crippen LogP contribution is 2.31. The van der Waals surface area contributed by atoms with E-state index in [1.807, 2.05) is 59.7 Å². The van der Waals surface area contributed by atoms with Crippen LogP contribution >= 0.6 is 15.9 Å². The van der Waals surface area contributed by atoms with Gasteiger partial charge in [-0.05, 0) is 59.7 Å². The molecule has 3 aromatic rings. The Hall–Kier alpha value is -2.39. The number of nitrogens with one attached hydrogen (secondary N) is 1. The van der Waals surface area contributed by atoms with E-state index in [1.54, 1.807) is 0 Å². The Balaban J connectivity index is 2.10. The molecule has 0 unspecified atom stereocenters. The summed E-state index contributed by atoms with van der Waals surface area (Å²) < 4.78 is 14.1. The van der Waals surface area contributed by atoms with Crippen LogP contribution in [0.15, 0.2) is 22.7 Å². The fraction of sp³-hybridized carbons (Fsp3) is 0.500. The molecule has 168 valence electrons. The van der Waals surface area contributed by atoms with Gasteiger partial charge in [0, 0.05) is 23.0 Å². The average Bonchev–Trinajstić information content (AvgIpc) is 2.96. The second-order valence-electron chi connectivity index (χ2n) is 9.12. The highest BCUT2D eigenvalue weighted by Gasteiger charge is 2.28. The predicted molar refractivity (Wildman–Crippen MR) is 126 cm³/mol. The van der Waals surface area contributed by atoms with Crippen molar-refractivity contribution in [1.29, 1.82) is 0 Å². The molecular weight excluding hydrogens is 462 g/mol. The van der Waals surface area contributed by atoms with Crippen LogP contribution in [-0.4, -0.2) is 38.4 Å².